The second-order valence-electron chi connectivity index (χ2n) is 7.48. The van der Waals surface area contributed by atoms with Crippen molar-refractivity contribution in [1.29, 1.82) is 0 Å². The van der Waals surface area contributed by atoms with E-state index in [-0.39, 0.29) is 23.3 Å². The molecule has 1 fully saturated rings. The van der Waals surface area contributed by atoms with E-state index in [1.54, 1.807) is 48.5 Å². The number of hydrogen-bond donors (Lipinski definition) is 2. The normalized spacial score (nSPS) is 30.0. The molecule has 0 amide bonds. The van der Waals surface area contributed by atoms with Gasteiger partial charge in [0.05, 0.1) is 23.3 Å². The van der Waals surface area contributed by atoms with Crippen LogP contribution in [0.4, 0.5) is 0 Å². The number of carboxylic acids is 2. The minimum atomic E-state index is -0.994. The molecule has 6 nitrogen and oxygen atoms in total. The summed E-state index contributed by atoms with van der Waals surface area (Å²) in [5.74, 6) is -1.99. The Labute approximate surface area is 163 Å². The second kappa shape index (κ2) is 7.04. The van der Waals surface area contributed by atoms with Gasteiger partial charge in [-0.05, 0) is 63.1 Å². The van der Waals surface area contributed by atoms with Gasteiger partial charge < -0.3 is 19.7 Å². The van der Waals surface area contributed by atoms with Gasteiger partial charge in [-0.25, -0.2) is 9.59 Å². The van der Waals surface area contributed by atoms with Gasteiger partial charge in [0.25, 0.3) is 0 Å². The molecule has 1 aliphatic rings. The summed E-state index contributed by atoms with van der Waals surface area (Å²) < 4.78 is 12.9. The number of benzene rings is 2. The van der Waals surface area contributed by atoms with Crippen LogP contribution in [-0.4, -0.2) is 34.4 Å². The molecule has 0 aliphatic carbocycles. The van der Waals surface area contributed by atoms with Gasteiger partial charge in [-0.1, -0.05) is 24.3 Å². The second-order valence-corrected chi connectivity index (χ2v) is 7.48. The van der Waals surface area contributed by atoms with Gasteiger partial charge >= 0.3 is 11.9 Å². The highest BCUT2D eigenvalue weighted by Crippen LogP contribution is 2.50. The summed E-state index contributed by atoms with van der Waals surface area (Å²) in [5, 5.41) is 18.3. The monoisotopic (exact) mass is 384 g/mol. The van der Waals surface area contributed by atoms with Crippen LogP contribution in [0.25, 0.3) is 0 Å². The fourth-order valence-electron chi connectivity index (χ4n) is 3.71. The van der Waals surface area contributed by atoms with Crippen molar-refractivity contribution in [2.75, 3.05) is 0 Å². The standard InChI is InChI=1S/C22H24O6/c1-13-14(2)28-22(4,18-11-7-16(8-12-18)20(25)26)21(3,27-13)17-9-5-15(6-10-17)19(23)24/h5-14H,1-4H3,(H,23,24)(H,25,26). The molecule has 0 spiro atoms. The Morgan fingerprint density at radius 1 is 0.714 bits per heavy atom. The van der Waals surface area contributed by atoms with E-state index in [0.29, 0.717) is 0 Å². The Balaban J connectivity index is 2.11. The van der Waals surface area contributed by atoms with Crippen LogP contribution in [-0.2, 0) is 20.7 Å². The molecule has 0 aromatic heterocycles. The van der Waals surface area contributed by atoms with Gasteiger partial charge in [-0.15, -0.1) is 0 Å². The van der Waals surface area contributed by atoms with E-state index in [4.69, 9.17) is 9.47 Å². The van der Waals surface area contributed by atoms with Crippen LogP contribution in [0.1, 0.15) is 59.5 Å². The summed E-state index contributed by atoms with van der Waals surface area (Å²) in [6.45, 7) is 7.69. The van der Waals surface area contributed by atoms with Crippen molar-refractivity contribution in [3.05, 3.63) is 70.8 Å². The number of hydrogen-bond acceptors (Lipinski definition) is 4. The van der Waals surface area contributed by atoms with E-state index in [9.17, 15) is 19.8 Å². The molecule has 2 N–H and O–H groups in total. The molecule has 148 valence electrons. The zero-order valence-electron chi connectivity index (χ0n) is 16.3. The number of ether oxygens (including phenoxy) is 2. The largest absolute Gasteiger partial charge is 0.478 e. The summed E-state index contributed by atoms with van der Waals surface area (Å²) in [6.07, 6.45) is -0.369. The molecule has 28 heavy (non-hydrogen) atoms. The van der Waals surface area contributed by atoms with Crippen molar-refractivity contribution in [2.45, 2.75) is 51.1 Å². The fraction of sp³-hybridized carbons (Fsp3) is 0.364. The average molecular weight is 384 g/mol. The van der Waals surface area contributed by atoms with E-state index in [0.717, 1.165) is 11.1 Å². The summed E-state index contributed by atoms with van der Waals surface area (Å²) >= 11 is 0. The highest BCUT2D eigenvalue weighted by atomic mass is 16.6. The first-order chi connectivity index (χ1) is 13.1. The van der Waals surface area contributed by atoms with Gasteiger partial charge in [0.2, 0.25) is 0 Å². The number of carbonyl (C=O) groups is 2. The summed E-state index contributed by atoms with van der Waals surface area (Å²) in [5.41, 5.74) is 0.111. The molecule has 1 aliphatic heterocycles. The maximum absolute atomic E-state index is 11.2. The third-order valence-corrected chi connectivity index (χ3v) is 5.78. The van der Waals surface area contributed by atoms with E-state index in [2.05, 4.69) is 0 Å². The lowest BCUT2D eigenvalue weighted by Crippen LogP contribution is -2.58. The zero-order chi connectivity index (χ0) is 20.7. The maximum atomic E-state index is 11.2. The fourth-order valence-corrected chi connectivity index (χ4v) is 3.71. The molecule has 2 aromatic carbocycles. The lowest BCUT2D eigenvalue weighted by Gasteiger charge is -2.54. The molecule has 2 aromatic rings. The Kier molecular flexibility index (Phi) is 5.04. The third kappa shape index (κ3) is 3.19. The lowest BCUT2D eigenvalue weighted by molar-refractivity contribution is -0.311. The minimum Gasteiger partial charge on any atom is -0.478 e. The molecule has 0 bridgehead atoms. The molecule has 1 saturated heterocycles. The first-order valence-electron chi connectivity index (χ1n) is 9.12. The van der Waals surface area contributed by atoms with Gasteiger partial charge in [0, 0.05) is 0 Å². The van der Waals surface area contributed by atoms with E-state index in [1.165, 1.54) is 0 Å². The smallest absolute Gasteiger partial charge is 0.335 e. The van der Waals surface area contributed by atoms with Crippen LogP contribution < -0.4 is 0 Å². The van der Waals surface area contributed by atoms with E-state index >= 15 is 0 Å². The van der Waals surface area contributed by atoms with E-state index in [1.807, 2.05) is 27.7 Å². The third-order valence-electron chi connectivity index (χ3n) is 5.78. The van der Waals surface area contributed by atoms with Crippen molar-refractivity contribution >= 4 is 11.9 Å². The van der Waals surface area contributed by atoms with Crippen LogP contribution in [0.2, 0.25) is 0 Å². The Bertz CT molecular complexity index is 813. The van der Waals surface area contributed by atoms with Crippen LogP contribution in [0, 0.1) is 0 Å². The molecule has 4 unspecified atom stereocenters. The topological polar surface area (TPSA) is 93.1 Å². The SMILES string of the molecule is CC1OC(C)(c2ccc(C(=O)O)cc2)C(C)(c2ccc(C(=O)O)cc2)OC1C. The Morgan fingerprint density at radius 2 is 1.00 bits per heavy atom. The minimum absolute atomic E-state index is 0.185. The van der Waals surface area contributed by atoms with Crippen molar-refractivity contribution in [1.82, 2.24) is 0 Å². The molecule has 0 saturated carbocycles. The predicted octanol–water partition coefficient (Wildman–Crippen LogP) is 4.04. The molecule has 3 rings (SSSR count). The molecule has 0 radical (unpaired) electrons. The highest BCUT2D eigenvalue weighted by Gasteiger charge is 2.55. The van der Waals surface area contributed by atoms with Gasteiger partial charge in [0.1, 0.15) is 11.2 Å². The molecule has 1 heterocycles. The highest BCUT2D eigenvalue weighted by molar-refractivity contribution is 5.88. The Morgan fingerprint density at radius 3 is 1.25 bits per heavy atom. The first kappa shape index (κ1) is 20.0. The predicted molar refractivity (Wildman–Crippen MR) is 103 cm³/mol. The maximum Gasteiger partial charge on any atom is 0.335 e. The summed E-state index contributed by atoms with van der Waals surface area (Å²) in [6, 6.07) is 13.1. The number of rotatable bonds is 4. The van der Waals surface area contributed by atoms with Crippen molar-refractivity contribution in [3.8, 4) is 0 Å². The quantitative estimate of drug-likeness (QED) is 0.826. The zero-order valence-corrected chi connectivity index (χ0v) is 16.3. The van der Waals surface area contributed by atoms with Crippen molar-refractivity contribution in [2.24, 2.45) is 0 Å². The van der Waals surface area contributed by atoms with Crippen LogP contribution in [0.15, 0.2) is 48.5 Å². The number of aromatic carboxylic acids is 2. The lowest BCUT2D eigenvalue weighted by atomic mass is 9.73. The molecular weight excluding hydrogens is 360 g/mol. The summed E-state index contributed by atoms with van der Waals surface area (Å²) in [4.78, 5) is 22.4. The van der Waals surface area contributed by atoms with Crippen LogP contribution >= 0.6 is 0 Å². The van der Waals surface area contributed by atoms with Crippen molar-refractivity contribution < 1.29 is 29.3 Å². The van der Waals surface area contributed by atoms with Gasteiger partial charge in [-0.2, -0.15) is 0 Å². The molecule has 6 heteroatoms. The summed E-state index contributed by atoms with van der Waals surface area (Å²) in [7, 11) is 0. The van der Waals surface area contributed by atoms with Crippen LogP contribution in [0.5, 0.6) is 0 Å². The average Bonchev–Trinajstić information content (AvgIpc) is 2.66. The van der Waals surface area contributed by atoms with E-state index < -0.39 is 23.1 Å². The van der Waals surface area contributed by atoms with Gasteiger partial charge in [0.15, 0.2) is 0 Å². The molecular formula is C22H24O6. The first-order valence-corrected chi connectivity index (χ1v) is 9.12. The number of carboxylic acid groups (broad SMARTS) is 2. The van der Waals surface area contributed by atoms with Gasteiger partial charge in [-0.3, -0.25) is 0 Å². The van der Waals surface area contributed by atoms with Crippen LogP contribution in [0.3, 0.4) is 0 Å². The van der Waals surface area contributed by atoms with Crippen molar-refractivity contribution in [3.63, 3.8) is 0 Å². The Hall–Kier alpha value is -2.70. The molecule has 4 atom stereocenters.